The maximum Gasteiger partial charge on any atom is 0.417 e. The number of thiophene rings is 1. The molecule has 7 heteroatoms. The number of halogens is 1. The van der Waals surface area contributed by atoms with Crippen molar-refractivity contribution in [3.63, 3.8) is 0 Å². The molecule has 2 aromatic carbocycles. The molecule has 0 aliphatic carbocycles. The number of oxazole rings is 1. The zero-order chi connectivity index (χ0) is 16.8. The molecule has 0 radical (unpaired) electrons. The monoisotopic (exact) mass is 342 g/mol. The van der Waals surface area contributed by atoms with Crippen LogP contribution < -0.4 is 11.1 Å². The van der Waals surface area contributed by atoms with Crippen LogP contribution >= 0.6 is 11.3 Å². The highest BCUT2D eigenvalue weighted by atomic mass is 32.1. The predicted molar refractivity (Wildman–Crippen MR) is 91.3 cm³/mol. The van der Waals surface area contributed by atoms with Crippen molar-refractivity contribution >= 4 is 44.1 Å². The fraction of sp³-hybridized carbons (Fsp3) is 0.0588. The van der Waals surface area contributed by atoms with Crippen LogP contribution in [0.15, 0.2) is 45.6 Å². The van der Waals surface area contributed by atoms with Crippen molar-refractivity contribution in [2.24, 2.45) is 0 Å². The van der Waals surface area contributed by atoms with Crippen molar-refractivity contribution in [3.8, 4) is 0 Å². The van der Waals surface area contributed by atoms with Gasteiger partial charge in [-0.1, -0.05) is 6.07 Å². The number of benzene rings is 2. The number of carbonyl (C=O) groups excluding carboxylic acids is 1. The fourth-order valence-electron chi connectivity index (χ4n) is 2.69. The van der Waals surface area contributed by atoms with E-state index in [2.05, 4.69) is 10.3 Å². The van der Waals surface area contributed by atoms with Crippen LogP contribution in [0.3, 0.4) is 0 Å². The average Bonchev–Trinajstić information content (AvgIpc) is 3.07. The van der Waals surface area contributed by atoms with Gasteiger partial charge in [0.2, 0.25) is 0 Å². The second-order valence-electron chi connectivity index (χ2n) is 5.35. The first-order valence-corrected chi connectivity index (χ1v) is 7.96. The minimum absolute atomic E-state index is 0.321. The Kier molecular flexibility index (Phi) is 3.24. The third kappa shape index (κ3) is 2.30. The number of carbonyl (C=O) groups is 1. The van der Waals surface area contributed by atoms with Gasteiger partial charge >= 0.3 is 5.76 Å². The number of H-pyrrole nitrogens is 1. The van der Waals surface area contributed by atoms with Crippen molar-refractivity contribution in [1.29, 1.82) is 0 Å². The van der Waals surface area contributed by atoms with Gasteiger partial charge < -0.3 is 9.73 Å². The lowest BCUT2D eigenvalue weighted by Crippen LogP contribution is -2.11. The number of anilines is 1. The molecule has 0 unspecified atom stereocenters. The Balaban J connectivity index is 1.71. The van der Waals surface area contributed by atoms with Crippen molar-refractivity contribution in [2.75, 3.05) is 5.32 Å². The molecule has 2 N–H and O–H groups in total. The van der Waals surface area contributed by atoms with Crippen LogP contribution in [0.4, 0.5) is 10.1 Å². The minimum Gasteiger partial charge on any atom is -0.408 e. The Morgan fingerprint density at radius 3 is 2.92 bits per heavy atom. The van der Waals surface area contributed by atoms with Crippen molar-refractivity contribution in [3.05, 3.63) is 63.2 Å². The van der Waals surface area contributed by atoms with E-state index in [0.717, 1.165) is 4.70 Å². The summed E-state index contributed by atoms with van der Waals surface area (Å²) in [6, 6.07) is 9.64. The molecule has 24 heavy (non-hydrogen) atoms. The van der Waals surface area contributed by atoms with E-state index in [4.69, 9.17) is 4.42 Å². The van der Waals surface area contributed by atoms with E-state index in [0.29, 0.717) is 32.6 Å². The summed E-state index contributed by atoms with van der Waals surface area (Å²) in [5.41, 5.74) is 2.04. The molecule has 120 valence electrons. The molecule has 0 saturated heterocycles. The van der Waals surface area contributed by atoms with Crippen molar-refractivity contribution in [2.45, 2.75) is 6.92 Å². The number of fused-ring (bicyclic) bond motifs is 2. The number of nitrogens with one attached hydrogen (secondary N) is 2. The Labute approximate surface area is 138 Å². The number of aromatic nitrogens is 1. The van der Waals surface area contributed by atoms with E-state index in [1.807, 2.05) is 0 Å². The van der Waals surface area contributed by atoms with Crippen LogP contribution in [-0.4, -0.2) is 10.9 Å². The molecule has 5 nitrogen and oxygen atoms in total. The summed E-state index contributed by atoms with van der Waals surface area (Å²) in [5.74, 6) is -1.21. The number of rotatable bonds is 2. The molecular formula is C17H11FN2O3S. The van der Waals surface area contributed by atoms with Gasteiger partial charge in [0.15, 0.2) is 5.58 Å². The number of amides is 1. The van der Waals surface area contributed by atoms with E-state index in [9.17, 15) is 14.0 Å². The van der Waals surface area contributed by atoms with Crippen LogP contribution in [0, 0.1) is 12.7 Å². The van der Waals surface area contributed by atoms with E-state index < -0.39 is 5.76 Å². The Hall–Kier alpha value is -2.93. The Bertz CT molecular complexity index is 1160. The predicted octanol–water partition coefficient (Wildman–Crippen LogP) is 4.04. The van der Waals surface area contributed by atoms with Crippen LogP contribution in [0.1, 0.15) is 15.2 Å². The molecule has 0 bridgehead atoms. The Morgan fingerprint density at radius 2 is 2.12 bits per heavy atom. The van der Waals surface area contributed by atoms with Gasteiger partial charge in [0.1, 0.15) is 5.82 Å². The van der Waals surface area contributed by atoms with Gasteiger partial charge in [0.05, 0.1) is 10.4 Å². The first-order chi connectivity index (χ1) is 11.5. The second-order valence-corrected chi connectivity index (χ2v) is 6.40. The maximum absolute atomic E-state index is 14.0. The number of hydrogen-bond donors (Lipinski definition) is 2. The van der Waals surface area contributed by atoms with Gasteiger partial charge in [0.25, 0.3) is 5.91 Å². The third-order valence-corrected chi connectivity index (χ3v) is 5.04. The molecule has 2 heterocycles. The van der Waals surface area contributed by atoms with E-state index in [1.165, 1.54) is 17.4 Å². The van der Waals surface area contributed by atoms with E-state index >= 15 is 0 Å². The number of hydrogen-bond acceptors (Lipinski definition) is 4. The first-order valence-electron chi connectivity index (χ1n) is 7.15. The summed E-state index contributed by atoms with van der Waals surface area (Å²) < 4.78 is 19.6. The van der Waals surface area contributed by atoms with Gasteiger partial charge in [-0.05, 0) is 42.8 Å². The highest BCUT2D eigenvalue weighted by molar-refractivity contribution is 7.21. The fourth-order valence-corrected chi connectivity index (χ4v) is 3.81. The molecule has 0 saturated carbocycles. The lowest BCUT2D eigenvalue weighted by atomic mass is 10.1. The molecular weight excluding hydrogens is 331 g/mol. The molecule has 0 spiro atoms. The summed E-state index contributed by atoms with van der Waals surface area (Å²) in [4.78, 5) is 26.7. The zero-order valence-electron chi connectivity index (χ0n) is 12.5. The average molecular weight is 342 g/mol. The lowest BCUT2D eigenvalue weighted by molar-refractivity contribution is 0.103. The summed E-state index contributed by atoms with van der Waals surface area (Å²) in [6.45, 7) is 1.73. The molecule has 4 aromatic rings. The highest BCUT2D eigenvalue weighted by Gasteiger charge is 2.18. The Morgan fingerprint density at radius 1 is 1.29 bits per heavy atom. The van der Waals surface area contributed by atoms with E-state index in [1.54, 1.807) is 37.3 Å². The van der Waals surface area contributed by atoms with Gasteiger partial charge in [-0.2, -0.15) is 0 Å². The van der Waals surface area contributed by atoms with Crippen LogP contribution in [0.2, 0.25) is 0 Å². The summed E-state index contributed by atoms with van der Waals surface area (Å²) in [5, 5.41) is 3.24. The number of aryl methyl sites for hydroxylation is 1. The topological polar surface area (TPSA) is 75.1 Å². The molecule has 0 atom stereocenters. The first kappa shape index (κ1) is 14.6. The van der Waals surface area contributed by atoms with Crippen molar-refractivity contribution in [1.82, 2.24) is 4.98 Å². The largest absolute Gasteiger partial charge is 0.417 e. The number of aromatic amines is 1. The molecule has 4 rings (SSSR count). The second kappa shape index (κ2) is 5.31. The molecule has 2 aromatic heterocycles. The van der Waals surface area contributed by atoms with Crippen LogP contribution in [0.5, 0.6) is 0 Å². The summed E-state index contributed by atoms with van der Waals surface area (Å²) >= 11 is 1.24. The zero-order valence-corrected chi connectivity index (χ0v) is 13.3. The van der Waals surface area contributed by atoms with Crippen molar-refractivity contribution < 1.29 is 13.6 Å². The standard InChI is InChI=1S/C17H11FN2O3S/c1-8-14-10(18)3-2-4-13(14)24-15(8)16(21)19-9-5-6-12-11(7-9)20-17(22)23-12/h2-7H,1H3,(H,19,21)(H,20,22). The molecule has 0 fully saturated rings. The third-order valence-electron chi connectivity index (χ3n) is 3.79. The van der Waals surface area contributed by atoms with Gasteiger partial charge in [-0.25, -0.2) is 9.18 Å². The molecule has 0 aliphatic heterocycles. The van der Waals surface area contributed by atoms with Gasteiger partial charge in [-0.15, -0.1) is 11.3 Å². The summed E-state index contributed by atoms with van der Waals surface area (Å²) in [6.07, 6.45) is 0. The quantitative estimate of drug-likeness (QED) is 0.577. The van der Waals surface area contributed by atoms with Crippen LogP contribution in [-0.2, 0) is 0 Å². The maximum atomic E-state index is 14.0. The normalized spacial score (nSPS) is 11.2. The summed E-state index contributed by atoms with van der Waals surface area (Å²) in [7, 11) is 0. The lowest BCUT2D eigenvalue weighted by Gasteiger charge is -2.04. The van der Waals surface area contributed by atoms with Gasteiger partial charge in [-0.3, -0.25) is 9.78 Å². The molecule has 1 amide bonds. The van der Waals surface area contributed by atoms with Crippen LogP contribution in [0.25, 0.3) is 21.2 Å². The minimum atomic E-state index is -0.552. The highest BCUT2D eigenvalue weighted by Crippen LogP contribution is 2.33. The van der Waals surface area contributed by atoms with E-state index in [-0.39, 0.29) is 11.7 Å². The SMILES string of the molecule is Cc1c(C(=O)Nc2ccc3oc(=O)[nH]c3c2)sc2cccc(F)c12. The molecule has 0 aliphatic rings. The smallest absolute Gasteiger partial charge is 0.408 e. The van der Waals surface area contributed by atoms with Gasteiger partial charge in [0, 0.05) is 15.8 Å².